The number of nitrogens with zero attached hydrogens (tertiary/aromatic N) is 5. The third kappa shape index (κ3) is 3.93. The number of aryl methyl sites for hydroxylation is 1. The zero-order chi connectivity index (χ0) is 18.8. The van der Waals surface area contributed by atoms with Crippen molar-refractivity contribution in [2.24, 2.45) is 0 Å². The molecule has 0 amide bonds. The van der Waals surface area contributed by atoms with Gasteiger partial charge >= 0.3 is 0 Å². The fourth-order valence-corrected chi connectivity index (χ4v) is 3.26. The number of hydrogen-bond acceptors (Lipinski definition) is 6. The minimum atomic E-state index is -0.159. The van der Waals surface area contributed by atoms with Gasteiger partial charge in [0.15, 0.2) is 0 Å². The molecule has 0 atom stereocenters. The van der Waals surface area contributed by atoms with Crippen LogP contribution >= 0.6 is 11.6 Å². The molecule has 138 valence electrons. The molecule has 0 radical (unpaired) electrons. The highest BCUT2D eigenvalue weighted by Gasteiger charge is 2.19. The van der Waals surface area contributed by atoms with Crippen LogP contribution in [0.4, 0.5) is 11.6 Å². The second-order valence-electron chi connectivity index (χ2n) is 6.45. The fourth-order valence-electron chi connectivity index (χ4n) is 3.15. The Labute approximate surface area is 161 Å². The van der Waals surface area contributed by atoms with E-state index in [0.717, 1.165) is 43.4 Å². The van der Waals surface area contributed by atoms with Crippen LogP contribution in [0.2, 0.25) is 5.02 Å². The van der Waals surface area contributed by atoms with Gasteiger partial charge in [0.05, 0.1) is 5.02 Å². The van der Waals surface area contributed by atoms with Crippen LogP contribution in [0.25, 0.3) is 11.4 Å². The van der Waals surface area contributed by atoms with Crippen molar-refractivity contribution in [3.8, 4) is 11.4 Å². The molecule has 0 saturated carbocycles. The van der Waals surface area contributed by atoms with Gasteiger partial charge in [-0.25, -0.2) is 15.0 Å². The molecule has 0 spiro atoms. The summed E-state index contributed by atoms with van der Waals surface area (Å²) < 4.78 is 0. The van der Waals surface area contributed by atoms with Crippen molar-refractivity contribution in [1.82, 2.24) is 19.9 Å². The monoisotopic (exact) mass is 382 g/mol. The third-order valence-electron chi connectivity index (χ3n) is 4.53. The van der Waals surface area contributed by atoms with E-state index in [1.54, 1.807) is 19.3 Å². The Morgan fingerprint density at radius 2 is 1.59 bits per heavy atom. The first-order valence-electron chi connectivity index (χ1n) is 8.74. The molecule has 1 N–H and O–H groups in total. The minimum Gasteiger partial charge on any atom is -0.353 e. The van der Waals surface area contributed by atoms with E-state index in [0.29, 0.717) is 16.5 Å². The summed E-state index contributed by atoms with van der Waals surface area (Å²) in [5.41, 5.74) is 1.32. The van der Waals surface area contributed by atoms with E-state index in [-0.39, 0.29) is 5.56 Å². The maximum atomic E-state index is 11.6. The number of aromatic amines is 1. The van der Waals surface area contributed by atoms with Gasteiger partial charge in [-0.2, -0.15) is 0 Å². The van der Waals surface area contributed by atoms with Crippen LogP contribution < -0.4 is 15.4 Å². The molecule has 27 heavy (non-hydrogen) atoms. The number of anilines is 2. The van der Waals surface area contributed by atoms with E-state index in [2.05, 4.69) is 29.7 Å². The summed E-state index contributed by atoms with van der Waals surface area (Å²) in [5.74, 6) is 2.40. The van der Waals surface area contributed by atoms with Crippen molar-refractivity contribution in [1.29, 1.82) is 0 Å². The van der Waals surface area contributed by atoms with Crippen LogP contribution in [0.3, 0.4) is 0 Å². The highest BCUT2D eigenvalue weighted by Crippen LogP contribution is 2.21. The Bertz CT molecular complexity index is 978. The Morgan fingerprint density at radius 3 is 2.11 bits per heavy atom. The van der Waals surface area contributed by atoms with Gasteiger partial charge < -0.3 is 14.8 Å². The Kier molecular flexibility index (Phi) is 4.77. The maximum absolute atomic E-state index is 11.6. The van der Waals surface area contributed by atoms with Crippen LogP contribution in [0.15, 0.2) is 47.5 Å². The first kappa shape index (κ1) is 17.5. The van der Waals surface area contributed by atoms with Crippen LogP contribution in [0.1, 0.15) is 5.69 Å². The van der Waals surface area contributed by atoms with Gasteiger partial charge in [-0.15, -0.1) is 0 Å². The maximum Gasteiger partial charge on any atom is 0.251 e. The van der Waals surface area contributed by atoms with Gasteiger partial charge in [-0.05, 0) is 31.2 Å². The number of piperazine rings is 1. The largest absolute Gasteiger partial charge is 0.353 e. The second-order valence-corrected chi connectivity index (χ2v) is 6.89. The molecule has 1 aliphatic heterocycles. The lowest BCUT2D eigenvalue weighted by Gasteiger charge is -2.36. The molecular weight excluding hydrogens is 364 g/mol. The van der Waals surface area contributed by atoms with Crippen molar-refractivity contribution >= 4 is 23.2 Å². The van der Waals surface area contributed by atoms with E-state index < -0.39 is 0 Å². The predicted molar refractivity (Wildman–Crippen MR) is 106 cm³/mol. The molecule has 1 fully saturated rings. The normalized spacial score (nSPS) is 14.4. The highest BCUT2D eigenvalue weighted by atomic mass is 35.5. The Balaban J connectivity index is 1.44. The average Bonchev–Trinajstić information content (AvgIpc) is 2.68. The SMILES string of the molecule is Cc1cc(=O)[nH]c(-c2ccc(N3CCN(c4ccc(Cl)cn4)CC3)nc2)n1. The van der Waals surface area contributed by atoms with Gasteiger partial charge in [-0.3, -0.25) is 4.79 Å². The van der Waals surface area contributed by atoms with E-state index in [1.165, 1.54) is 6.07 Å². The van der Waals surface area contributed by atoms with Crippen molar-refractivity contribution in [3.63, 3.8) is 0 Å². The van der Waals surface area contributed by atoms with Crippen molar-refractivity contribution in [2.45, 2.75) is 6.92 Å². The number of rotatable bonds is 3. The van der Waals surface area contributed by atoms with Crippen LogP contribution in [0.5, 0.6) is 0 Å². The Hall–Kier alpha value is -2.93. The highest BCUT2D eigenvalue weighted by molar-refractivity contribution is 6.30. The number of halogens is 1. The summed E-state index contributed by atoms with van der Waals surface area (Å²) >= 11 is 5.91. The molecule has 4 rings (SSSR count). The molecule has 0 bridgehead atoms. The quantitative estimate of drug-likeness (QED) is 0.750. The van der Waals surface area contributed by atoms with E-state index >= 15 is 0 Å². The molecule has 7 nitrogen and oxygen atoms in total. The summed E-state index contributed by atoms with van der Waals surface area (Å²) in [6.07, 6.45) is 3.42. The summed E-state index contributed by atoms with van der Waals surface area (Å²) in [6, 6.07) is 9.18. The fraction of sp³-hybridized carbons (Fsp3) is 0.263. The zero-order valence-corrected chi connectivity index (χ0v) is 15.6. The van der Waals surface area contributed by atoms with E-state index in [4.69, 9.17) is 11.6 Å². The van der Waals surface area contributed by atoms with Crippen LogP contribution in [-0.4, -0.2) is 46.1 Å². The lowest BCUT2D eigenvalue weighted by atomic mass is 10.2. The summed E-state index contributed by atoms with van der Waals surface area (Å²) in [7, 11) is 0. The first-order chi connectivity index (χ1) is 13.1. The Morgan fingerprint density at radius 1 is 0.963 bits per heavy atom. The smallest absolute Gasteiger partial charge is 0.251 e. The molecule has 3 aromatic rings. The minimum absolute atomic E-state index is 0.159. The molecular formula is C19H19ClN6O. The van der Waals surface area contributed by atoms with Gasteiger partial charge in [0.2, 0.25) is 0 Å². The molecule has 0 unspecified atom stereocenters. The molecule has 4 heterocycles. The molecule has 8 heteroatoms. The van der Waals surface area contributed by atoms with Crippen molar-refractivity contribution in [3.05, 3.63) is 63.8 Å². The lowest BCUT2D eigenvalue weighted by Crippen LogP contribution is -2.47. The summed E-state index contributed by atoms with van der Waals surface area (Å²) in [6.45, 7) is 5.25. The van der Waals surface area contributed by atoms with Gasteiger partial charge in [0.1, 0.15) is 17.5 Å². The van der Waals surface area contributed by atoms with Crippen molar-refractivity contribution < 1.29 is 0 Å². The molecule has 3 aromatic heterocycles. The first-order valence-corrected chi connectivity index (χ1v) is 9.12. The summed E-state index contributed by atoms with van der Waals surface area (Å²) in [4.78, 5) is 32.2. The lowest BCUT2D eigenvalue weighted by molar-refractivity contribution is 0.642. The zero-order valence-electron chi connectivity index (χ0n) is 14.9. The number of H-pyrrole nitrogens is 1. The van der Waals surface area contributed by atoms with Gasteiger partial charge in [0.25, 0.3) is 5.56 Å². The molecule has 1 aliphatic rings. The average molecular weight is 383 g/mol. The number of aromatic nitrogens is 4. The van der Waals surface area contributed by atoms with E-state index in [1.807, 2.05) is 24.3 Å². The number of pyridine rings is 2. The topological polar surface area (TPSA) is 78.0 Å². The van der Waals surface area contributed by atoms with E-state index in [9.17, 15) is 4.79 Å². The molecule has 1 saturated heterocycles. The number of hydrogen-bond donors (Lipinski definition) is 1. The molecule has 0 aliphatic carbocycles. The predicted octanol–water partition coefficient (Wildman–Crippen LogP) is 2.52. The standard InChI is InChI=1S/C19H19ClN6O/c1-13-10-18(27)24-19(23-13)14-2-4-16(21-11-14)25-6-8-26(9-7-25)17-5-3-15(20)12-22-17/h2-5,10-12H,6-9H2,1H3,(H,23,24,27). The van der Waals surface area contributed by atoms with Crippen molar-refractivity contribution in [2.75, 3.05) is 36.0 Å². The number of nitrogens with one attached hydrogen (secondary N) is 1. The molecule has 0 aromatic carbocycles. The second kappa shape index (κ2) is 7.36. The van der Waals surface area contributed by atoms with Crippen LogP contribution in [-0.2, 0) is 0 Å². The van der Waals surface area contributed by atoms with Gasteiger partial charge in [0, 0.05) is 55.9 Å². The third-order valence-corrected chi connectivity index (χ3v) is 4.75. The summed E-state index contributed by atoms with van der Waals surface area (Å²) in [5, 5.41) is 0.645. The van der Waals surface area contributed by atoms with Gasteiger partial charge in [-0.1, -0.05) is 11.6 Å². The van der Waals surface area contributed by atoms with Crippen LogP contribution in [0, 0.1) is 6.92 Å².